The van der Waals surface area contributed by atoms with Crippen molar-refractivity contribution in [2.24, 2.45) is 0 Å². The van der Waals surface area contributed by atoms with Gasteiger partial charge in [0.05, 0.1) is 16.8 Å². The van der Waals surface area contributed by atoms with Crippen LogP contribution >= 0.6 is 0 Å². The van der Waals surface area contributed by atoms with E-state index in [1.54, 1.807) is 12.1 Å². The van der Waals surface area contributed by atoms with E-state index < -0.39 is 15.8 Å². The van der Waals surface area contributed by atoms with Gasteiger partial charge in [-0.3, -0.25) is 4.72 Å². The Kier molecular flexibility index (Phi) is 5.65. The third-order valence-corrected chi connectivity index (χ3v) is 5.68. The molecular formula is C21H22FN3O2S. The number of hydrogen-bond acceptors (Lipinski definition) is 4. The smallest absolute Gasteiger partial charge is 0.261 e. The maximum atomic E-state index is 13.4. The third kappa shape index (κ3) is 4.67. The van der Waals surface area contributed by atoms with E-state index in [0.29, 0.717) is 17.4 Å². The molecule has 146 valence electrons. The molecule has 0 aliphatic rings. The van der Waals surface area contributed by atoms with Gasteiger partial charge in [-0.2, -0.15) is 0 Å². The number of nitrogens with one attached hydrogen (secondary N) is 2. The Labute approximate surface area is 164 Å². The van der Waals surface area contributed by atoms with Crippen LogP contribution in [0, 0.1) is 12.7 Å². The standard InChI is InChI=1S/C21H22FN3O2S/c1-14(2)16-4-6-17(7-5-16)24-21-11-8-18(13-23-21)25-28(26,27)19-9-10-20(22)15(3)12-19/h4-14,25H,1-3H3,(H,23,24). The first kappa shape index (κ1) is 19.8. The van der Waals surface area contributed by atoms with Crippen LogP contribution < -0.4 is 10.0 Å². The molecule has 0 aliphatic carbocycles. The Balaban J connectivity index is 1.70. The summed E-state index contributed by atoms with van der Waals surface area (Å²) in [7, 11) is -3.81. The summed E-state index contributed by atoms with van der Waals surface area (Å²) in [5, 5.41) is 3.18. The van der Waals surface area contributed by atoms with Gasteiger partial charge in [-0.05, 0) is 66.4 Å². The van der Waals surface area contributed by atoms with Crippen molar-refractivity contribution in [2.45, 2.75) is 31.6 Å². The molecule has 0 spiro atoms. The number of aromatic nitrogens is 1. The van der Waals surface area contributed by atoms with Gasteiger partial charge in [-0.15, -0.1) is 0 Å². The summed E-state index contributed by atoms with van der Waals surface area (Å²) < 4.78 is 40.7. The zero-order valence-electron chi connectivity index (χ0n) is 15.9. The number of anilines is 3. The van der Waals surface area contributed by atoms with Crippen LogP contribution in [-0.2, 0) is 10.0 Å². The monoisotopic (exact) mass is 399 g/mol. The molecule has 1 heterocycles. The first-order valence-corrected chi connectivity index (χ1v) is 10.3. The summed E-state index contributed by atoms with van der Waals surface area (Å²) in [6.45, 7) is 5.79. The Bertz CT molecular complexity index is 1060. The number of sulfonamides is 1. The fraction of sp³-hybridized carbons (Fsp3) is 0.190. The maximum absolute atomic E-state index is 13.4. The topological polar surface area (TPSA) is 71.1 Å². The average molecular weight is 399 g/mol. The lowest BCUT2D eigenvalue weighted by molar-refractivity contribution is 0.598. The average Bonchev–Trinajstić information content (AvgIpc) is 2.65. The van der Waals surface area contributed by atoms with Crippen LogP contribution in [0.5, 0.6) is 0 Å². The SMILES string of the molecule is Cc1cc(S(=O)(=O)Nc2ccc(Nc3ccc(C(C)C)cc3)nc2)ccc1F. The highest BCUT2D eigenvalue weighted by molar-refractivity contribution is 7.92. The molecule has 0 fully saturated rings. The highest BCUT2D eigenvalue weighted by atomic mass is 32.2. The van der Waals surface area contributed by atoms with Crippen molar-refractivity contribution in [1.82, 2.24) is 4.98 Å². The number of pyridine rings is 1. The van der Waals surface area contributed by atoms with E-state index >= 15 is 0 Å². The summed E-state index contributed by atoms with van der Waals surface area (Å²) in [6.07, 6.45) is 1.43. The molecule has 2 N–H and O–H groups in total. The number of hydrogen-bond donors (Lipinski definition) is 2. The summed E-state index contributed by atoms with van der Waals surface area (Å²) >= 11 is 0. The second kappa shape index (κ2) is 7.98. The third-order valence-electron chi connectivity index (χ3n) is 4.31. The molecule has 0 atom stereocenters. The molecule has 2 aromatic carbocycles. The lowest BCUT2D eigenvalue weighted by Gasteiger charge is -2.11. The van der Waals surface area contributed by atoms with Gasteiger partial charge in [0.25, 0.3) is 10.0 Å². The first-order valence-electron chi connectivity index (χ1n) is 8.86. The van der Waals surface area contributed by atoms with Gasteiger partial charge < -0.3 is 5.32 Å². The van der Waals surface area contributed by atoms with Gasteiger partial charge >= 0.3 is 0 Å². The highest BCUT2D eigenvalue weighted by Gasteiger charge is 2.15. The molecule has 0 radical (unpaired) electrons. The first-order chi connectivity index (χ1) is 13.2. The number of aryl methyl sites for hydroxylation is 1. The summed E-state index contributed by atoms with van der Waals surface area (Å²) in [6, 6.07) is 15.0. The van der Waals surface area contributed by atoms with Gasteiger partial charge in [0, 0.05) is 5.69 Å². The van der Waals surface area contributed by atoms with Crippen LogP contribution in [0.3, 0.4) is 0 Å². The molecule has 0 saturated carbocycles. The molecule has 3 aromatic rings. The second-order valence-electron chi connectivity index (χ2n) is 6.85. The van der Waals surface area contributed by atoms with Gasteiger partial charge in [-0.1, -0.05) is 26.0 Å². The van der Waals surface area contributed by atoms with E-state index in [2.05, 4.69) is 41.0 Å². The molecule has 0 aliphatic heterocycles. The minimum Gasteiger partial charge on any atom is -0.340 e. The van der Waals surface area contributed by atoms with Crippen LogP contribution in [0.1, 0.15) is 30.9 Å². The Hall–Kier alpha value is -2.93. The van der Waals surface area contributed by atoms with E-state index in [-0.39, 0.29) is 10.5 Å². The molecule has 0 bridgehead atoms. The van der Waals surface area contributed by atoms with Crippen molar-refractivity contribution < 1.29 is 12.8 Å². The van der Waals surface area contributed by atoms with E-state index in [4.69, 9.17) is 0 Å². The summed E-state index contributed by atoms with van der Waals surface area (Å²) in [5.74, 6) is 0.611. The van der Waals surface area contributed by atoms with Crippen molar-refractivity contribution in [3.8, 4) is 0 Å². The van der Waals surface area contributed by atoms with Gasteiger partial charge in [0.15, 0.2) is 0 Å². The molecule has 5 nitrogen and oxygen atoms in total. The number of halogens is 1. The normalized spacial score (nSPS) is 11.5. The largest absolute Gasteiger partial charge is 0.340 e. The predicted octanol–water partition coefficient (Wildman–Crippen LogP) is 5.20. The van der Waals surface area contributed by atoms with Crippen LogP contribution in [0.4, 0.5) is 21.6 Å². The zero-order chi connectivity index (χ0) is 20.3. The highest BCUT2D eigenvalue weighted by Crippen LogP contribution is 2.22. The van der Waals surface area contributed by atoms with Gasteiger partial charge in [0.1, 0.15) is 11.6 Å². The van der Waals surface area contributed by atoms with Crippen LogP contribution in [0.25, 0.3) is 0 Å². The van der Waals surface area contributed by atoms with Crippen molar-refractivity contribution in [2.75, 3.05) is 10.0 Å². The Morgan fingerprint density at radius 2 is 1.64 bits per heavy atom. The lowest BCUT2D eigenvalue weighted by atomic mass is 10.0. The quantitative estimate of drug-likeness (QED) is 0.598. The molecule has 7 heteroatoms. The van der Waals surface area contributed by atoms with Gasteiger partial charge in [0.2, 0.25) is 0 Å². The molecule has 3 rings (SSSR count). The van der Waals surface area contributed by atoms with Crippen LogP contribution in [0.15, 0.2) is 65.7 Å². The van der Waals surface area contributed by atoms with E-state index in [0.717, 1.165) is 11.8 Å². The minimum absolute atomic E-state index is 0.00107. The minimum atomic E-state index is -3.81. The fourth-order valence-corrected chi connectivity index (χ4v) is 3.75. The van der Waals surface area contributed by atoms with Crippen LogP contribution in [0.2, 0.25) is 0 Å². The van der Waals surface area contributed by atoms with E-state index in [9.17, 15) is 12.8 Å². The molecule has 0 unspecified atom stereocenters. The number of benzene rings is 2. The van der Waals surface area contributed by atoms with Gasteiger partial charge in [-0.25, -0.2) is 17.8 Å². The van der Waals surface area contributed by atoms with Crippen molar-refractivity contribution in [3.63, 3.8) is 0 Å². The van der Waals surface area contributed by atoms with Crippen molar-refractivity contribution in [1.29, 1.82) is 0 Å². The van der Waals surface area contributed by atoms with E-state index in [1.165, 1.54) is 30.8 Å². The molecular weight excluding hydrogens is 377 g/mol. The zero-order valence-corrected chi connectivity index (χ0v) is 16.7. The van der Waals surface area contributed by atoms with Crippen molar-refractivity contribution in [3.05, 3.63) is 77.7 Å². The molecule has 28 heavy (non-hydrogen) atoms. The molecule has 1 aromatic heterocycles. The number of nitrogens with zero attached hydrogens (tertiary/aromatic N) is 1. The second-order valence-corrected chi connectivity index (χ2v) is 8.53. The van der Waals surface area contributed by atoms with E-state index in [1.807, 2.05) is 12.1 Å². The Morgan fingerprint density at radius 1 is 0.964 bits per heavy atom. The summed E-state index contributed by atoms with van der Waals surface area (Å²) in [4.78, 5) is 4.24. The number of rotatable bonds is 6. The van der Waals surface area contributed by atoms with Crippen LogP contribution in [-0.4, -0.2) is 13.4 Å². The summed E-state index contributed by atoms with van der Waals surface area (Å²) in [5.41, 5.74) is 2.73. The van der Waals surface area contributed by atoms with Crippen molar-refractivity contribution >= 4 is 27.2 Å². The molecule has 0 saturated heterocycles. The molecule has 0 amide bonds. The fourth-order valence-electron chi connectivity index (χ4n) is 2.63. The lowest BCUT2D eigenvalue weighted by Crippen LogP contribution is -2.13. The predicted molar refractivity (Wildman–Crippen MR) is 110 cm³/mol. The Morgan fingerprint density at radius 3 is 2.21 bits per heavy atom. The maximum Gasteiger partial charge on any atom is 0.261 e.